The van der Waals surface area contributed by atoms with Crippen molar-refractivity contribution in [3.05, 3.63) is 29.6 Å². The Hall–Kier alpha value is -2.48. The van der Waals surface area contributed by atoms with Gasteiger partial charge in [-0.15, -0.1) is 10.2 Å². The first-order valence-electron chi connectivity index (χ1n) is 6.63. The number of aromatic nitrogens is 3. The zero-order valence-electron chi connectivity index (χ0n) is 11.6. The molecule has 3 rings (SSSR count). The molecule has 1 aliphatic rings. The van der Waals surface area contributed by atoms with E-state index in [1.807, 2.05) is 0 Å². The second-order valence-electron chi connectivity index (χ2n) is 4.66. The molecule has 8 nitrogen and oxygen atoms in total. The van der Waals surface area contributed by atoms with Crippen LogP contribution in [0, 0.1) is 6.92 Å². The van der Waals surface area contributed by atoms with E-state index in [1.165, 1.54) is 0 Å². The minimum Gasteiger partial charge on any atom is -0.378 e. The molecule has 3 heterocycles. The molecular weight excluding hydrogens is 274 g/mol. The van der Waals surface area contributed by atoms with Crippen molar-refractivity contribution in [2.45, 2.75) is 6.92 Å². The van der Waals surface area contributed by atoms with Gasteiger partial charge in [0.25, 0.3) is 5.91 Å². The zero-order chi connectivity index (χ0) is 14.7. The Morgan fingerprint density at radius 2 is 2.10 bits per heavy atom. The largest absolute Gasteiger partial charge is 0.378 e. The van der Waals surface area contributed by atoms with Gasteiger partial charge in [-0.05, 0) is 19.1 Å². The van der Waals surface area contributed by atoms with Crippen molar-refractivity contribution in [3.63, 3.8) is 0 Å². The SMILES string of the molecule is Cc1cc(NC(=O)c2ccc(N3CCOCC3)nn2)on1. The van der Waals surface area contributed by atoms with Crippen molar-refractivity contribution in [1.29, 1.82) is 0 Å². The van der Waals surface area contributed by atoms with Gasteiger partial charge in [0.05, 0.1) is 18.9 Å². The summed E-state index contributed by atoms with van der Waals surface area (Å²) in [5.41, 5.74) is 0.917. The molecule has 21 heavy (non-hydrogen) atoms. The van der Waals surface area contributed by atoms with Gasteiger partial charge in [-0.1, -0.05) is 5.16 Å². The predicted molar refractivity (Wildman–Crippen MR) is 74.3 cm³/mol. The number of carbonyl (C=O) groups excluding carboxylic acids is 1. The fourth-order valence-corrected chi connectivity index (χ4v) is 2.01. The van der Waals surface area contributed by atoms with E-state index in [0.29, 0.717) is 18.9 Å². The molecule has 0 spiro atoms. The summed E-state index contributed by atoms with van der Waals surface area (Å²) in [6, 6.07) is 5.04. The maximum absolute atomic E-state index is 12.0. The lowest BCUT2D eigenvalue weighted by Crippen LogP contribution is -2.37. The number of nitrogens with zero attached hydrogens (tertiary/aromatic N) is 4. The minimum atomic E-state index is -0.382. The van der Waals surface area contributed by atoms with Crippen molar-refractivity contribution in [2.24, 2.45) is 0 Å². The number of nitrogens with one attached hydrogen (secondary N) is 1. The molecule has 1 amide bonds. The number of amides is 1. The predicted octanol–water partition coefficient (Wildman–Crippen LogP) is 0.862. The van der Waals surface area contributed by atoms with Crippen molar-refractivity contribution in [2.75, 3.05) is 36.5 Å². The minimum absolute atomic E-state index is 0.223. The molecule has 1 N–H and O–H groups in total. The van der Waals surface area contributed by atoms with E-state index in [-0.39, 0.29) is 17.5 Å². The third kappa shape index (κ3) is 3.16. The number of anilines is 2. The molecule has 8 heteroatoms. The van der Waals surface area contributed by atoms with Crippen LogP contribution in [0.15, 0.2) is 22.7 Å². The molecular formula is C13H15N5O3. The summed E-state index contributed by atoms with van der Waals surface area (Å²) in [6.07, 6.45) is 0. The quantitative estimate of drug-likeness (QED) is 0.895. The zero-order valence-corrected chi connectivity index (χ0v) is 11.6. The van der Waals surface area contributed by atoms with Crippen molar-refractivity contribution in [1.82, 2.24) is 15.4 Å². The van der Waals surface area contributed by atoms with Gasteiger partial charge in [-0.2, -0.15) is 0 Å². The maximum atomic E-state index is 12.0. The van der Waals surface area contributed by atoms with E-state index >= 15 is 0 Å². The Morgan fingerprint density at radius 1 is 1.29 bits per heavy atom. The van der Waals surface area contributed by atoms with Crippen LogP contribution in [0.4, 0.5) is 11.7 Å². The van der Waals surface area contributed by atoms with E-state index in [2.05, 4.69) is 25.6 Å². The summed E-state index contributed by atoms with van der Waals surface area (Å²) in [5.74, 6) is 0.647. The first kappa shape index (κ1) is 13.5. The van der Waals surface area contributed by atoms with E-state index in [9.17, 15) is 4.79 Å². The lowest BCUT2D eigenvalue weighted by Gasteiger charge is -2.27. The second-order valence-corrected chi connectivity index (χ2v) is 4.66. The van der Waals surface area contributed by atoms with Crippen LogP contribution in [-0.4, -0.2) is 47.6 Å². The van der Waals surface area contributed by atoms with Crippen LogP contribution in [-0.2, 0) is 4.74 Å². The Morgan fingerprint density at radius 3 is 2.71 bits per heavy atom. The monoisotopic (exact) mass is 289 g/mol. The van der Waals surface area contributed by atoms with Gasteiger partial charge < -0.3 is 14.2 Å². The van der Waals surface area contributed by atoms with Gasteiger partial charge in [0, 0.05) is 19.2 Å². The van der Waals surface area contributed by atoms with Gasteiger partial charge in [0.15, 0.2) is 11.5 Å². The molecule has 0 aliphatic carbocycles. The Kier molecular flexibility index (Phi) is 3.78. The normalized spacial score (nSPS) is 15.0. The lowest BCUT2D eigenvalue weighted by atomic mass is 10.3. The lowest BCUT2D eigenvalue weighted by molar-refractivity contribution is 0.101. The first-order valence-corrected chi connectivity index (χ1v) is 6.63. The molecule has 2 aromatic rings. The number of carbonyl (C=O) groups is 1. The number of hydrogen-bond donors (Lipinski definition) is 1. The van der Waals surface area contributed by atoms with Gasteiger partial charge in [-0.3, -0.25) is 10.1 Å². The number of morpholine rings is 1. The van der Waals surface area contributed by atoms with Crippen LogP contribution in [0.25, 0.3) is 0 Å². The van der Waals surface area contributed by atoms with Crippen LogP contribution in [0.5, 0.6) is 0 Å². The van der Waals surface area contributed by atoms with Crippen molar-refractivity contribution >= 4 is 17.6 Å². The van der Waals surface area contributed by atoms with Crippen LogP contribution in [0.1, 0.15) is 16.2 Å². The highest BCUT2D eigenvalue weighted by molar-refractivity contribution is 6.02. The molecule has 0 aromatic carbocycles. The summed E-state index contributed by atoms with van der Waals surface area (Å²) >= 11 is 0. The number of aryl methyl sites for hydroxylation is 1. The third-order valence-corrected chi connectivity index (χ3v) is 3.08. The molecule has 0 atom stereocenters. The van der Waals surface area contributed by atoms with Gasteiger partial charge >= 0.3 is 0 Å². The number of ether oxygens (including phenoxy) is 1. The molecule has 110 valence electrons. The smallest absolute Gasteiger partial charge is 0.278 e. The van der Waals surface area contributed by atoms with Crippen LogP contribution in [0.2, 0.25) is 0 Å². The van der Waals surface area contributed by atoms with Crippen LogP contribution < -0.4 is 10.2 Å². The Bertz CT molecular complexity index is 619. The fraction of sp³-hybridized carbons (Fsp3) is 0.385. The average molecular weight is 289 g/mol. The highest BCUT2D eigenvalue weighted by Gasteiger charge is 2.15. The molecule has 1 aliphatic heterocycles. The van der Waals surface area contributed by atoms with E-state index in [0.717, 1.165) is 18.9 Å². The molecule has 0 bridgehead atoms. The third-order valence-electron chi connectivity index (χ3n) is 3.08. The fourth-order valence-electron chi connectivity index (χ4n) is 2.01. The van der Waals surface area contributed by atoms with Crippen molar-refractivity contribution < 1.29 is 14.1 Å². The summed E-state index contributed by atoms with van der Waals surface area (Å²) < 4.78 is 10.2. The van der Waals surface area contributed by atoms with Crippen molar-refractivity contribution in [3.8, 4) is 0 Å². The summed E-state index contributed by atoms with van der Waals surface area (Å²) in [5, 5.41) is 14.3. The standard InChI is InChI=1S/C13H15N5O3/c1-9-8-12(21-17-9)14-13(19)10-2-3-11(16-15-10)18-4-6-20-7-5-18/h2-3,8H,4-7H2,1H3,(H,14,19). The second kappa shape index (κ2) is 5.88. The molecule has 1 fully saturated rings. The summed E-state index contributed by atoms with van der Waals surface area (Å²) in [7, 11) is 0. The average Bonchev–Trinajstić information content (AvgIpc) is 2.93. The number of hydrogen-bond acceptors (Lipinski definition) is 7. The van der Waals surface area contributed by atoms with Gasteiger partial charge in [-0.25, -0.2) is 0 Å². The first-order chi connectivity index (χ1) is 10.2. The van der Waals surface area contributed by atoms with E-state index < -0.39 is 0 Å². The molecule has 0 saturated carbocycles. The number of rotatable bonds is 3. The van der Waals surface area contributed by atoms with E-state index in [4.69, 9.17) is 9.26 Å². The highest BCUT2D eigenvalue weighted by Crippen LogP contribution is 2.13. The van der Waals surface area contributed by atoms with Crippen LogP contribution in [0.3, 0.4) is 0 Å². The van der Waals surface area contributed by atoms with Gasteiger partial charge in [0.2, 0.25) is 5.88 Å². The molecule has 1 saturated heterocycles. The molecule has 0 unspecified atom stereocenters. The van der Waals surface area contributed by atoms with E-state index in [1.54, 1.807) is 25.1 Å². The van der Waals surface area contributed by atoms with Gasteiger partial charge in [0.1, 0.15) is 0 Å². The molecule has 0 radical (unpaired) electrons. The topological polar surface area (TPSA) is 93.4 Å². The van der Waals surface area contributed by atoms with Crippen LogP contribution >= 0.6 is 0 Å². The summed E-state index contributed by atoms with van der Waals surface area (Å²) in [4.78, 5) is 14.0. The highest BCUT2D eigenvalue weighted by atomic mass is 16.5. The Balaban J connectivity index is 1.67. The maximum Gasteiger partial charge on any atom is 0.278 e. The Labute approximate surface area is 121 Å². The summed E-state index contributed by atoms with van der Waals surface area (Å²) in [6.45, 7) is 4.68. The molecule has 2 aromatic heterocycles.